The first kappa shape index (κ1) is 18.8. The Hall–Kier alpha value is -2.02. The second-order valence-corrected chi connectivity index (χ2v) is 8.33. The largest absolute Gasteiger partial charge is 0.388 e. The van der Waals surface area contributed by atoms with Gasteiger partial charge in [-0.3, -0.25) is 0 Å². The zero-order chi connectivity index (χ0) is 18.7. The first-order valence-electron chi connectivity index (χ1n) is 8.56. The molecule has 0 radical (unpaired) electrons. The van der Waals surface area contributed by atoms with Crippen LogP contribution in [0.3, 0.4) is 0 Å². The summed E-state index contributed by atoms with van der Waals surface area (Å²) >= 11 is 0. The summed E-state index contributed by atoms with van der Waals surface area (Å²) in [5, 5.41) is 10.7. The summed E-state index contributed by atoms with van der Waals surface area (Å²) < 4.78 is 41.2. The lowest BCUT2D eigenvalue weighted by Gasteiger charge is -2.32. The van der Waals surface area contributed by atoms with E-state index in [1.807, 2.05) is 19.1 Å². The number of aliphatic hydroxyl groups excluding tert-OH is 1. The van der Waals surface area contributed by atoms with E-state index < -0.39 is 28.1 Å². The summed E-state index contributed by atoms with van der Waals surface area (Å²) in [5.74, 6) is -0.800. The van der Waals surface area contributed by atoms with Crippen LogP contribution in [0.2, 0.25) is 0 Å². The third kappa shape index (κ3) is 4.20. The number of hydrogen-bond acceptors (Lipinski definition) is 3. The van der Waals surface area contributed by atoms with Crippen molar-refractivity contribution in [3.63, 3.8) is 0 Å². The smallest absolute Gasteiger partial charge is 0.240 e. The van der Waals surface area contributed by atoms with E-state index in [9.17, 15) is 17.9 Å². The van der Waals surface area contributed by atoms with Crippen molar-refractivity contribution in [1.29, 1.82) is 0 Å². The molecule has 0 fully saturated rings. The summed E-state index contributed by atoms with van der Waals surface area (Å²) in [6.45, 7) is 1.89. The number of aryl methyl sites for hydroxylation is 1. The molecule has 1 aliphatic carbocycles. The van der Waals surface area contributed by atoms with Crippen molar-refractivity contribution in [3.05, 3.63) is 77.6 Å². The lowest BCUT2D eigenvalue weighted by atomic mass is 9.84. The van der Waals surface area contributed by atoms with Crippen molar-refractivity contribution in [2.45, 2.75) is 36.8 Å². The summed E-state index contributed by atoms with van der Waals surface area (Å²) in [6, 6.07) is 11.8. The highest BCUT2D eigenvalue weighted by Crippen LogP contribution is 2.32. The number of rotatable bonds is 5. The molecule has 2 aromatic carbocycles. The first-order chi connectivity index (χ1) is 12.4. The van der Waals surface area contributed by atoms with Gasteiger partial charge in [0.25, 0.3) is 0 Å². The van der Waals surface area contributed by atoms with Crippen molar-refractivity contribution in [2.24, 2.45) is 5.92 Å². The summed E-state index contributed by atoms with van der Waals surface area (Å²) in [5.41, 5.74) is 1.54. The molecule has 2 N–H and O–H groups in total. The van der Waals surface area contributed by atoms with E-state index in [1.165, 1.54) is 24.3 Å². The molecule has 1 aliphatic rings. The van der Waals surface area contributed by atoms with Gasteiger partial charge in [-0.1, -0.05) is 42.0 Å². The normalized spacial score (nSPS) is 21.5. The van der Waals surface area contributed by atoms with Gasteiger partial charge in [-0.2, -0.15) is 0 Å². The number of allylic oxidation sites excluding steroid dienone is 1. The highest BCUT2D eigenvalue weighted by Gasteiger charge is 2.32. The Labute approximate surface area is 153 Å². The summed E-state index contributed by atoms with van der Waals surface area (Å²) in [6.07, 6.45) is 4.17. The molecule has 0 saturated heterocycles. The van der Waals surface area contributed by atoms with Crippen LogP contribution in [-0.2, 0) is 10.0 Å². The summed E-state index contributed by atoms with van der Waals surface area (Å²) in [7, 11) is -3.69. The van der Waals surface area contributed by atoms with E-state index in [0.717, 1.165) is 12.0 Å². The van der Waals surface area contributed by atoms with E-state index in [0.29, 0.717) is 12.0 Å². The van der Waals surface area contributed by atoms with E-state index in [4.69, 9.17) is 0 Å². The van der Waals surface area contributed by atoms with Gasteiger partial charge in [-0.25, -0.2) is 17.5 Å². The van der Waals surface area contributed by atoms with Crippen LogP contribution in [0.25, 0.3) is 0 Å². The molecule has 3 rings (SSSR count). The monoisotopic (exact) mass is 375 g/mol. The Morgan fingerprint density at radius 3 is 2.42 bits per heavy atom. The predicted molar refractivity (Wildman–Crippen MR) is 98.5 cm³/mol. The Kier molecular flexibility index (Phi) is 5.55. The Bertz CT molecular complexity index is 876. The predicted octanol–water partition coefficient (Wildman–Crippen LogP) is 3.48. The minimum Gasteiger partial charge on any atom is -0.388 e. The van der Waals surface area contributed by atoms with Crippen LogP contribution in [0.15, 0.2) is 65.6 Å². The maximum atomic E-state index is 13.1. The SMILES string of the molecule is Cc1ccc(S(=O)(=O)N[C@H]2CCC=C[C@@H]2[C@H](O)c2ccc(F)cc2)cc1. The van der Waals surface area contributed by atoms with Gasteiger partial charge >= 0.3 is 0 Å². The Balaban J connectivity index is 1.82. The van der Waals surface area contributed by atoms with Crippen LogP contribution >= 0.6 is 0 Å². The molecule has 0 spiro atoms. The highest BCUT2D eigenvalue weighted by molar-refractivity contribution is 7.89. The van der Waals surface area contributed by atoms with Crippen molar-refractivity contribution in [2.75, 3.05) is 0 Å². The van der Waals surface area contributed by atoms with Crippen molar-refractivity contribution in [3.8, 4) is 0 Å². The van der Waals surface area contributed by atoms with Crippen molar-refractivity contribution in [1.82, 2.24) is 4.72 Å². The standard InChI is InChI=1S/C20H22FNO3S/c1-14-6-12-17(13-7-14)26(24,25)22-19-5-3-2-4-18(19)20(23)15-8-10-16(21)11-9-15/h2,4,6-13,18-20,22-23H,3,5H2,1H3/t18-,19-,20+/m0/s1. The second kappa shape index (κ2) is 7.70. The number of halogens is 1. The van der Waals surface area contributed by atoms with Crippen LogP contribution in [0, 0.1) is 18.7 Å². The Morgan fingerprint density at radius 1 is 1.12 bits per heavy atom. The summed E-state index contributed by atoms with van der Waals surface area (Å²) in [4.78, 5) is 0.202. The molecule has 0 amide bonds. The van der Waals surface area contributed by atoms with Crippen molar-refractivity contribution >= 4 is 10.0 Å². The minimum atomic E-state index is -3.69. The van der Waals surface area contributed by atoms with Gasteiger partial charge in [0.15, 0.2) is 0 Å². The number of nitrogens with one attached hydrogen (secondary N) is 1. The zero-order valence-corrected chi connectivity index (χ0v) is 15.3. The molecule has 26 heavy (non-hydrogen) atoms. The molecule has 0 heterocycles. The molecule has 0 bridgehead atoms. The second-order valence-electron chi connectivity index (χ2n) is 6.62. The van der Waals surface area contributed by atoms with Crippen LogP contribution in [0.4, 0.5) is 4.39 Å². The molecule has 2 aromatic rings. The number of sulfonamides is 1. The molecule has 6 heteroatoms. The molecule has 138 valence electrons. The van der Waals surface area contributed by atoms with Crippen LogP contribution in [0.5, 0.6) is 0 Å². The minimum absolute atomic E-state index is 0.202. The molecule has 0 aliphatic heterocycles. The zero-order valence-electron chi connectivity index (χ0n) is 14.5. The average Bonchev–Trinajstić information content (AvgIpc) is 2.62. The molecule has 0 unspecified atom stereocenters. The fourth-order valence-electron chi connectivity index (χ4n) is 3.19. The lowest BCUT2D eigenvalue weighted by Crippen LogP contribution is -2.42. The third-order valence-electron chi connectivity index (χ3n) is 4.68. The van der Waals surface area contributed by atoms with E-state index in [-0.39, 0.29) is 10.7 Å². The van der Waals surface area contributed by atoms with Gasteiger partial charge in [0, 0.05) is 12.0 Å². The van der Waals surface area contributed by atoms with E-state index in [1.54, 1.807) is 24.3 Å². The fraction of sp³-hybridized carbons (Fsp3) is 0.300. The topological polar surface area (TPSA) is 66.4 Å². The fourth-order valence-corrected chi connectivity index (χ4v) is 4.49. The van der Waals surface area contributed by atoms with Gasteiger partial charge in [-0.15, -0.1) is 0 Å². The van der Waals surface area contributed by atoms with Crippen molar-refractivity contribution < 1.29 is 17.9 Å². The number of hydrogen-bond donors (Lipinski definition) is 2. The van der Waals surface area contributed by atoms with Gasteiger partial charge in [-0.05, 0) is 49.6 Å². The van der Waals surface area contributed by atoms with Gasteiger partial charge in [0.1, 0.15) is 5.82 Å². The molecule has 0 saturated carbocycles. The Morgan fingerprint density at radius 2 is 1.77 bits per heavy atom. The van der Waals surface area contributed by atoms with Gasteiger partial charge in [0.2, 0.25) is 10.0 Å². The average molecular weight is 375 g/mol. The van der Waals surface area contributed by atoms with E-state index in [2.05, 4.69) is 4.72 Å². The van der Waals surface area contributed by atoms with Gasteiger partial charge < -0.3 is 5.11 Å². The lowest BCUT2D eigenvalue weighted by molar-refractivity contribution is 0.109. The third-order valence-corrected chi connectivity index (χ3v) is 6.19. The quantitative estimate of drug-likeness (QED) is 0.787. The molecule has 0 aromatic heterocycles. The van der Waals surface area contributed by atoms with E-state index >= 15 is 0 Å². The van der Waals surface area contributed by atoms with Crippen LogP contribution < -0.4 is 4.72 Å². The maximum Gasteiger partial charge on any atom is 0.240 e. The van der Waals surface area contributed by atoms with Crippen LogP contribution in [-0.4, -0.2) is 19.6 Å². The molecule has 4 nitrogen and oxygen atoms in total. The first-order valence-corrected chi connectivity index (χ1v) is 10.0. The number of benzene rings is 2. The molecular formula is C20H22FNO3S. The number of aliphatic hydroxyl groups is 1. The highest BCUT2D eigenvalue weighted by atomic mass is 32.2. The van der Waals surface area contributed by atoms with Crippen LogP contribution in [0.1, 0.15) is 30.1 Å². The molecular weight excluding hydrogens is 353 g/mol. The van der Waals surface area contributed by atoms with Gasteiger partial charge in [0.05, 0.1) is 11.0 Å². The molecule has 3 atom stereocenters. The maximum absolute atomic E-state index is 13.1.